The van der Waals surface area contributed by atoms with Gasteiger partial charge in [-0.15, -0.1) is 11.3 Å². The number of thiophene rings is 1. The van der Waals surface area contributed by atoms with Gasteiger partial charge in [0.25, 0.3) is 0 Å². The summed E-state index contributed by atoms with van der Waals surface area (Å²) in [7, 11) is 0. The van der Waals surface area contributed by atoms with Gasteiger partial charge in [0.1, 0.15) is 0 Å². The molecule has 2 unspecified atom stereocenters. The molecule has 0 fully saturated rings. The number of para-hydroxylation sites is 7. The number of fused-ring (bicyclic) bond motifs is 9. The van der Waals surface area contributed by atoms with Crippen LogP contribution in [0.4, 0.5) is 79.6 Å². The molecule has 572 valence electrons. The molecule has 0 bridgehead atoms. The Morgan fingerprint density at radius 3 is 1.11 bits per heavy atom. The van der Waals surface area contributed by atoms with E-state index in [1.54, 1.807) is 0 Å². The predicted molar refractivity (Wildman–Crippen MR) is 513 cm³/mol. The van der Waals surface area contributed by atoms with Crippen LogP contribution in [0.1, 0.15) is 17.0 Å². The van der Waals surface area contributed by atoms with Gasteiger partial charge in [-0.2, -0.15) is 0 Å². The van der Waals surface area contributed by atoms with Crippen LogP contribution in [0.2, 0.25) is 0 Å². The number of aromatic nitrogens is 1. The Morgan fingerprint density at radius 1 is 0.223 bits per heavy atom. The fourth-order valence-corrected chi connectivity index (χ4v) is 19.4. The average Bonchev–Trinajstić information content (AvgIpc) is 1.63. The van der Waals surface area contributed by atoms with Crippen LogP contribution in [0.15, 0.2) is 473 Å². The minimum Gasteiger partial charge on any atom is -0.333 e. The van der Waals surface area contributed by atoms with Crippen molar-refractivity contribution in [2.24, 2.45) is 0 Å². The first-order chi connectivity index (χ1) is 60.0. The summed E-state index contributed by atoms with van der Waals surface area (Å²) >= 11 is 1.85. The molecule has 2 atom stereocenters. The summed E-state index contributed by atoms with van der Waals surface area (Å²) in [5.41, 5.74) is 30.9. The van der Waals surface area contributed by atoms with Crippen molar-refractivity contribution < 1.29 is 0 Å². The lowest BCUT2D eigenvalue weighted by molar-refractivity contribution is 0.747. The Labute approximate surface area is 709 Å². The van der Waals surface area contributed by atoms with Crippen LogP contribution in [0, 0.1) is 0 Å². The van der Waals surface area contributed by atoms with Crippen LogP contribution in [0.3, 0.4) is 0 Å². The van der Waals surface area contributed by atoms with Gasteiger partial charge in [-0.3, -0.25) is 0 Å². The highest BCUT2D eigenvalue weighted by Gasteiger charge is 2.39. The van der Waals surface area contributed by atoms with Crippen molar-refractivity contribution in [1.29, 1.82) is 0 Å². The molecule has 0 amide bonds. The second-order valence-corrected chi connectivity index (χ2v) is 32.3. The Bertz CT molecular complexity index is 7200. The van der Waals surface area contributed by atoms with Gasteiger partial charge >= 0.3 is 0 Å². The normalized spacial score (nSPS) is 13.5. The lowest BCUT2D eigenvalue weighted by Crippen LogP contribution is -2.29. The van der Waals surface area contributed by atoms with Crippen molar-refractivity contribution in [3.63, 3.8) is 0 Å². The summed E-state index contributed by atoms with van der Waals surface area (Å²) in [6.07, 6.45) is 7.33. The van der Waals surface area contributed by atoms with E-state index in [9.17, 15) is 0 Å². The number of allylic oxidation sites excluding steroid dienone is 2. The maximum absolute atomic E-state index is 2.59. The second-order valence-electron chi connectivity index (χ2n) is 31.2. The van der Waals surface area contributed by atoms with Gasteiger partial charge in [0.2, 0.25) is 0 Å². The fourth-order valence-electron chi connectivity index (χ4n) is 18.3. The maximum atomic E-state index is 2.59. The molecule has 7 heteroatoms. The number of hydrogen-bond acceptors (Lipinski definition) is 6. The lowest BCUT2D eigenvalue weighted by atomic mass is 9.86. The zero-order valence-electron chi connectivity index (χ0n) is 66.3. The van der Waals surface area contributed by atoms with E-state index >= 15 is 0 Å². The standard InChI is InChI=1S/C114H80N6S/c1-9-29-79(30-10-1)81-49-58-95(59-50-81)116(91-37-17-5-18-38-91)100-70-88(72-102(77-100)118(92-39-19-6-20-40-92)98-64-68-114-108(78-98)107-46-26-28-48-113(107)121-114)86-57-67-106-105-65-55-84(73-111(105)120(112(106)75-86)94-43-23-8-24-44-94)83-53-62-97(63-54-83)117(96-60-51-82(52-61-96)80-31-11-2-12-32-80)101-71-87(69-99(76-101)115(89-33-13-3-14-34-89)90-35-15-4-16-36-90)85-56-66-104-103-45-25-27-47-109(103)119(110(104)74-85)93-41-21-7-22-42-93/h1-78,105,111H. The molecule has 0 radical (unpaired) electrons. The molecule has 0 saturated heterocycles. The lowest BCUT2D eigenvalue weighted by Gasteiger charge is -2.31. The second kappa shape index (κ2) is 31.2. The molecule has 18 aromatic carbocycles. The molecular formula is C114H80N6S. The van der Waals surface area contributed by atoms with Crippen LogP contribution in [0.5, 0.6) is 0 Å². The molecule has 20 aromatic rings. The first-order valence-corrected chi connectivity index (χ1v) is 42.3. The van der Waals surface area contributed by atoms with Crippen LogP contribution in [-0.4, -0.2) is 10.6 Å². The van der Waals surface area contributed by atoms with Crippen molar-refractivity contribution in [1.82, 2.24) is 4.57 Å². The van der Waals surface area contributed by atoms with E-state index in [0.29, 0.717) is 0 Å². The molecule has 3 heterocycles. The number of hydrogen-bond donors (Lipinski definition) is 0. The summed E-state index contributed by atoms with van der Waals surface area (Å²) in [5.74, 6) is 0.0721. The zero-order chi connectivity index (χ0) is 80.1. The summed E-state index contributed by atoms with van der Waals surface area (Å²) < 4.78 is 4.96. The molecule has 1 aliphatic heterocycles. The molecule has 1 aliphatic carbocycles. The topological polar surface area (TPSA) is 21.1 Å². The summed E-state index contributed by atoms with van der Waals surface area (Å²) in [6, 6.07) is 167. The van der Waals surface area contributed by atoms with Gasteiger partial charge in [-0.05, 0) is 249 Å². The van der Waals surface area contributed by atoms with Gasteiger partial charge in [0, 0.05) is 122 Å². The van der Waals surface area contributed by atoms with E-state index < -0.39 is 0 Å². The van der Waals surface area contributed by atoms with Gasteiger partial charge in [-0.25, -0.2) is 0 Å². The highest BCUT2D eigenvalue weighted by atomic mass is 32.1. The third-order valence-corrected chi connectivity index (χ3v) is 25.1. The number of anilines is 14. The SMILES string of the molecule is C1=CC2c3ccc(-c4cc(N(c5ccccc5)c5ccc(-c6ccccc6)cc5)cc(N(c5ccccc5)c5ccc6sc7ccccc7c6c5)c4)cc3N(c3ccccc3)C2C=C1c1ccc(N(c2ccc(-c3ccccc3)cc2)c2cc(-c3ccc4c5ccccc5n(-c5ccccc5)c4c3)cc(N(c3ccccc3)c3ccccc3)c2)cc1. The van der Waals surface area contributed by atoms with Crippen LogP contribution < -0.4 is 24.5 Å². The third-order valence-electron chi connectivity index (χ3n) is 24.0. The molecule has 0 saturated carbocycles. The van der Waals surface area contributed by atoms with Gasteiger partial charge < -0.3 is 29.1 Å². The summed E-state index contributed by atoms with van der Waals surface area (Å²) in [5, 5.41) is 4.93. The Kier molecular flexibility index (Phi) is 18.5. The molecule has 6 nitrogen and oxygen atoms in total. The number of benzene rings is 18. The van der Waals surface area contributed by atoms with E-state index in [0.717, 1.165) is 124 Å². The quantitative estimate of drug-likeness (QED) is 0.0802. The van der Waals surface area contributed by atoms with E-state index in [4.69, 9.17) is 0 Å². The van der Waals surface area contributed by atoms with Gasteiger partial charge in [0.15, 0.2) is 0 Å². The van der Waals surface area contributed by atoms with Crippen molar-refractivity contribution in [3.05, 3.63) is 484 Å². The molecule has 22 rings (SSSR count). The first-order valence-electron chi connectivity index (χ1n) is 41.5. The van der Waals surface area contributed by atoms with Crippen LogP contribution >= 0.6 is 11.3 Å². The maximum Gasteiger partial charge on any atom is 0.0635 e. The minimum absolute atomic E-state index is 0.0376. The third kappa shape index (κ3) is 13.6. The molecule has 2 aromatic heterocycles. The van der Waals surface area contributed by atoms with Crippen molar-refractivity contribution in [3.8, 4) is 50.2 Å². The Hall–Kier alpha value is -15.5. The van der Waals surface area contributed by atoms with Crippen LogP contribution in [0.25, 0.3) is 97.7 Å². The smallest absolute Gasteiger partial charge is 0.0635 e. The molecule has 0 spiro atoms. The summed E-state index contributed by atoms with van der Waals surface area (Å²) in [6.45, 7) is 0. The van der Waals surface area contributed by atoms with Crippen LogP contribution in [-0.2, 0) is 0 Å². The van der Waals surface area contributed by atoms with E-state index in [-0.39, 0.29) is 12.0 Å². The molecule has 121 heavy (non-hydrogen) atoms. The van der Waals surface area contributed by atoms with E-state index in [2.05, 4.69) is 502 Å². The van der Waals surface area contributed by atoms with Crippen molar-refractivity contribution >= 4 is 139 Å². The fraction of sp³-hybridized carbons (Fsp3) is 0.0175. The highest BCUT2D eigenvalue weighted by molar-refractivity contribution is 7.25. The Balaban J connectivity index is 0.672. The molecular weight excluding hydrogens is 1490 g/mol. The highest BCUT2D eigenvalue weighted by Crippen LogP contribution is 2.54. The molecule has 2 aliphatic rings. The zero-order valence-corrected chi connectivity index (χ0v) is 67.1. The van der Waals surface area contributed by atoms with Crippen molar-refractivity contribution in [2.45, 2.75) is 12.0 Å². The monoisotopic (exact) mass is 1560 g/mol. The summed E-state index contributed by atoms with van der Waals surface area (Å²) in [4.78, 5) is 12.3. The number of nitrogens with zero attached hydrogens (tertiary/aromatic N) is 6. The first kappa shape index (κ1) is 72.0. The van der Waals surface area contributed by atoms with Gasteiger partial charge in [-0.1, -0.05) is 285 Å². The largest absolute Gasteiger partial charge is 0.333 e. The average molecular weight is 1570 g/mol. The van der Waals surface area contributed by atoms with E-state index in [1.165, 1.54) is 64.4 Å². The minimum atomic E-state index is -0.0376. The van der Waals surface area contributed by atoms with Crippen molar-refractivity contribution in [2.75, 3.05) is 24.5 Å². The predicted octanol–water partition coefficient (Wildman–Crippen LogP) is 32.0. The Morgan fingerprint density at radius 2 is 0.595 bits per heavy atom. The van der Waals surface area contributed by atoms with E-state index in [1.807, 2.05) is 11.3 Å². The van der Waals surface area contributed by atoms with Gasteiger partial charge in [0.05, 0.1) is 17.1 Å². The number of rotatable bonds is 19. The molecule has 0 N–H and O–H groups in total.